The number of carbonyl (C=O) groups excluding carboxylic acids is 1. The van der Waals surface area contributed by atoms with Crippen LogP contribution in [-0.4, -0.2) is 25.2 Å². The van der Waals surface area contributed by atoms with Gasteiger partial charge in [-0.25, -0.2) is 4.79 Å². The molecule has 0 aliphatic heterocycles. The Kier molecular flexibility index (Phi) is 5.21. The van der Waals surface area contributed by atoms with E-state index in [9.17, 15) is 4.79 Å². The van der Waals surface area contributed by atoms with E-state index >= 15 is 0 Å². The van der Waals surface area contributed by atoms with Gasteiger partial charge in [-0.1, -0.05) is 30.3 Å². The van der Waals surface area contributed by atoms with Crippen LogP contribution >= 0.6 is 0 Å². The zero-order chi connectivity index (χ0) is 13.5. The predicted molar refractivity (Wildman–Crippen MR) is 74.9 cm³/mol. The van der Waals surface area contributed by atoms with Crippen LogP contribution in [0.15, 0.2) is 30.3 Å². The standard InChI is InChI=1S/C15H22N2O2/c1-16-13-7-9-14(10-8-13)17-15(18)19-11-12-5-3-2-4-6-12/h2-6,13-14,16H,7-11H2,1H3,(H,17,18)/t13-,14-. The van der Waals surface area contributed by atoms with Crippen molar-refractivity contribution < 1.29 is 9.53 Å². The predicted octanol–water partition coefficient (Wildman–Crippen LogP) is 2.44. The molecule has 1 aromatic carbocycles. The van der Waals surface area contributed by atoms with Crippen LogP contribution in [0.2, 0.25) is 0 Å². The van der Waals surface area contributed by atoms with Crippen molar-refractivity contribution in [2.24, 2.45) is 0 Å². The first kappa shape index (κ1) is 13.9. The molecule has 0 bridgehead atoms. The molecule has 0 heterocycles. The largest absolute Gasteiger partial charge is 0.445 e. The summed E-state index contributed by atoms with van der Waals surface area (Å²) in [4.78, 5) is 11.7. The molecule has 1 fully saturated rings. The second-order valence-electron chi connectivity index (χ2n) is 5.04. The van der Waals surface area contributed by atoms with Crippen molar-refractivity contribution in [2.75, 3.05) is 7.05 Å². The van der Waals surface area contributed by atoms with Gasteiger partial charge in [-0.2, -0.15) is 0 Å². The third kappa shape index (κ3) is 4.56. The van der Waals surface area contributed by atoms with Gasteiger partial charge in [0, 0.05) is 12.1 Å². The molecule has 4 heteroatoms. The maximum absolute atomic E-state index is 11.7. The van der Waals surface area contributed by atoms with Crippen LogP contribution in [0.1, 0.15) is 31.2 Å². The van der Waals surface area contributed by atoms with Gasteiger partial charge < -0.3 is 15.4 Å². The molecule has 2 N–H and O–H groups in total. The van der Waals surface area contributed by atoms with Gasteiger partial charge in [0.15, 0.2) is 0 Å². The Hall–Kier alpha value is -1.55. The lowest BCUT2D eigenvalue weighted by molar-refractivity contribution is 0.132. The number of amides is 1. The molecular formula is C15H22N2O2. The van der Waals surface area contributed by atoms with Crippen molar-refractivity contribution in [3.8, 4) is 0 Å². The number of alkyl carbamates (subject to hydrolysis) is 1. The van der Waals surface area contributed by atoms with Crippen LogP contribution in [-0.2, 0) is 11.3 Å². The van der Waals surface area contributed by atoms with Crippen LogP contribution in [0.3, 0.4) is 0 Å². The highest BCUT2D eigenvalue weighted by Crippen LogP contribution is 2.18. The zero-order valence-corrected chi connectivity index (χ0v) is 11.4. The highest BCUT2D eigenvalue weighted by molar-refractivity contribution is 5.67. The van der Waals surface area contributed by atoms with E-state index in [4.69, 9.17) is 4.74 Å². The minimum atomic E-state index is -0.309. The summed E-state index contributed by atoms with van der Waals surface area (Å²) in [6.45, 7) is 0.332. The number of hydrogen-bond donors (Lipinski definition) is 2. The molecule has 1 amide bonds. The maximum Gasteiger partial charge on any atom is 0.407 e. The molecule has 104 valence electrons. The Morgan fingerprint density at radius 3 is 2.42 bits per heavy atom. The normalized spacial score (nSPS) is 22.8. The number of ether oxygens (including phenoxy) is 1. The SMILES string of the molecule is CN[C@H]1CC[C@H](NC(=O)OCc2ccccc2)CC1. The maximum atomic E-state index is 11.7. The van der Waals surface area contributed by atoms with E-state index in [1.807, 2.05) is 37.4 Å². The summed E-state index contributed by atoms with van der Waals surface area (Å²) < 4.78 is 5.22. The van der Waals surface area contributed by atoms with E-state index < -0.39 is 0 Å². The van der Waals surface area contributed by atoms with Crippen LogP contribution in [0.4, 0.5) is 4.79 Å². The van der Waals surface area contributed by atoms with E-state index in [1.54, 1.807) is 0 Å². The van der Waals surface area contributed by atoms with Gasteiger partial charge in [0.05, 0.1) is 0 Å². The van der Waals surface area contributed by atoms with Gasteiger partial charge in [0.1, 0.15) is 6.61 Å². The molecule has 4 nitrogen and oxygen atoms in total. The van der Waals surface area contributed by atoms with Crippen molar-refractivity contribution in [1.29, 1.82) is 0 Å². The monoisotopic (exact) mass is 262 g/mol. The number of benzene rings is 1. The first-order valence-electron chi connectivity index (χ1n) is 6.92. The van der Waals surface area contributed by atoms with Gasteiger partial charge >= 0.3 is 6.09 Å². The first-order valence-corrected chi connectivity index (χ1v) is 6.92. The molecule has 0 aromatic heterocycles. The zero-order valence-electron chi connectivity index (χ0n) is 11.4. The van der Waals surface area contributed by atoms with Crippen LogP contribution in [0.25, 0.3) is 0 Å². The Morgan fingerprint density at radius 2 is 1.79 bits per heavy atom. The van der Waals surface area contributed by atoms with E-state index in [2.05, 4.69) is 10.6 Å². The van der Waals surface area contributed by atoms with Crippen LogP contribution < -0.4 is 10.6 Å². The highest BCUT2D eigenvalue weighted by Gasteiger charge is 2.21. The van der Waals surface area contributed by atoms with Gasteiger partial charge in [-0.05, 0) is 38.3 Å². The van der Waals surface area contributed by atoms with Gasteiger partial charge in [0.25, 0.3) is 0 Å². The molecule has 1 saturated carbocycles. The minimum absolute atomic E-state index is 0.257. The molecule has 0 unspecified atom stereocenters. The van der Waals surface area contributed by atoms with Crippen molar-refractivity contribution >= 4 is 6.09 Å². The van der Waals surface area contributed by atoms with Gasteiger partial charge in [-0.3, -0.25) is 0 Å². The van der Waals surface area contributed by atoms with Crippen molar-refractivity contribution in [3.63, 3.8) is 0 Å². The molecule has 0 saturated heterocycles. The summed E-state index contributed by atoms with van der Waals surface area (Å²) >= 11 is 0. The number of hydrogen-bond acceptors (Lipinski definition) is 3. The fraction of sp³-hybridized carbons (Fsp3) is 0.533. The average Bonchev–Trinajstić information content (AvgIpc) is 2.47. The van der Waals surface area contributed by atoms with Crippen LogP contribution in [0, 0.1) is 0 Å². The van der Waals surface area contributed by atoms with Crippen molar-refractivity contribution in [1.82, 2.24) is 10.6 Å². The molecular weight excluding hydrogens is 240 g/mol. The Labute approximate surface area is 114 Å². The van der Waals surface area contributed by atoms with Crippen LogP contribution in [0.5, 0.6) is 0 Å². The molecule has 1 aliphatic carbocycles. The Morgan fingerprint density at radius 1 is 1.16 bits per heavy atom. The summed E-state index contributed by atoms with van der Waals surface area (Å²) in [6, 6.07) is 10.6. The smallest absolute Gasteiger partial charge is 0.407 e. The second-order valence-corrected chi connectivity index (χ2v) is 5.04. The Bertz CT molecular complexity index is 386. The lowest BCUT2D eigenvalue weighted by Crippen LogP contribution is -2.41. The third-order valence-corrected chi connectivity index (χ3v) is 3.67. The summed E-state index contributed by atoms with van der Waals surface area (Å²) in [6.07, 6.45) is 3.95. The number of carbonyl (C=O) groups is 1. The first-order chi connectivity index (χ1) is 9.28. The summed E-state index contributed by atoms with van der Waals surface area (Å²) in [7, 11) is 1.99. The minimum Gasteiger partial charge on any atom is -0.445 e. The summed E-state index contributed by atoms with van der Waals surface area (Å²) in [5, 5.41) is 6.23. The van der Waals surface area contributed by atoms with Gasteiger partial charge in [0.2, 0.25) is 0 Å². The molecule has 1 aromatic rings. The molecule has 2 rings (SSSR count). The molecule has 1 aliphatic rings. The number of rotatable bonds is 4. The fourth-order valence-corrected chi connectivity index (χ4v) is 2.46. The molecule has 19 heavy (non-hydrogen) atoms. The Balaban J connectivity index is 1.67. The lowest BCUT2D eigenvalue weighted by Gasteiger charge is -2.28. The van der Waals surface area contributed by atoms with Gasteiger partial charge in [-0.15, -0.1) is 0 Å². The van der Waals surface area contributed by atoms with E-state index in [-0.39, 0.29) is 12.1 Å². The number of nitrogens with one attached hydrogen (secondary N) is 2. The third-order valence-electron chi connectivity index (χ3n) is 3.67. The second kappa shape index (κ2) is 7.14. The summed E-state index contributed by atoms with van der Waals surface area (Å²) in [5.41, 5.74) is 1.01. The molecule has 0 atom stereocenters. The topological polar surface area (TPSA) is 50.4 Å². The van der Waals surface area contributed by atoms with E-state index in [0.717, 1.165) is 31.2 Å². The molecule has 0 spiro atoms. The fourth-order valence-electron chi connectivity index (χ4n) is 2.46. The highest BCUT2D eigenvalue weighted by atomic mass is 16.5. The van der Waals surface area contributed by atoms with Crippen molar-refractivity contribution in [2.45, 2.75) is 44.4 Å². The van der Waals surface area contributed by atoms with Crippen molar-refractivity contribution in [3.05, 3.63) is 35.9 Å². The van der Waals surface area contributed by atoms with E-state index in [0.29, 0.717) is 12.6 Å². The lowest BCUT2D eigenvalue weighted by atomic mass is 9.91. The molecule has 0 radical (unpaired) electrons. The van der Waals surface area contributed by atoms with E-state index in [1.165, 1.54) is 0 Å². The average molecular weight is 262 g/mol. The quantitative estimate of drug-likeness (QED) is 0.876. The summed E-state index contributed by atoms with van der Waals surface area (Å²) in [5.74, 6) is 0.